The smallest absolute Gasteiger partial charge is 0.345 e. The number of benzene rings is 2. The molecule has 0 unspecified atom stereocenters. The molecule has 4 rings (SSSR count). The molecule has 6 heteroatoms. The van der Waals surface area contributed by atoms with Gasteiger partial charge in [0, 0.05) is 0 Å². The van der Waals surface area contributed by atoms with E-state index in [4.69, 9.17) is 10.6 Å². The highest BCUT2D eigenvalue weighted by atomic mass is 16.7. The van der Waals surface area contributed by atoms with Crippen molar-refractivity contribution in [3.8, 4) is 0 Å². The number of amides is 3. The molecule has 3 amide bonds. The Kier molecular flexibility index (Phi) is 3.46. The first-order valence-electron chi connectivity index (χ1n) is 7.81. The second-order valence-corrected chi connectivity index (χ2v) is 5.97. The summed E-state index contributed by atoms with van der Waals surface area (Å²) in [7, 11) is 0. The van der Waals surface area contributed by atoms with Crippen LogP contribution >= 0.6 is 0 Å². The van der Waals surface area contributed by atoms with E-state index >= 15 is 0 Å². The third kappa shape index (κ3) is 2.23. The number of hydroxylamine groups is 2. The number of carbonyl (C=O) groups excluding carboxylic acids is 2. The van der Waals surface area contributed by atoms with E-state index in [-0.39, 0.29) is 12.1 Å². The van der Waals surface area contributed by atoms with E-state index in [1.807, 2.05) is 54.6 Å². The largest absolute Gasteiger partial charge is 0.368 e. The van der Waals surface area contributed by atoms with Crippen molar-refractivity contribution in [3.63, 3.8) is 0 Å². The molecule has 1 fully saturated rings. The van der Waals surface area contributed by atoms with Gasteiger partial charge in [0.05, 0.1) is 6.54 Å². The summed E-state index contributed by atoms with van der Waals surface area (Å²) >= 11 is 0. The van der Waals surface area contributed by atoms with Crippen LogP contribution in [-0.4, -0.2) is 28.4 Å². The number of primary amides is 1. The van der Waals surface area contributed by atoms with Crippen LogP contribution in [0.3, 0.4) is 0 Å². The molecule has 24 heavy (non-hydrogen) atoms. The van der Waals surface area contributed by atoms with Crippen LogP contribution in [0.5, 0.6) is 0 Å². The van der Waals surface area contributed by atoms with Gasteiger partial charge in [0.2, 0.25) is 5.91 Å². The lowest BCUT2D eigenvalue weighted by atomic mass is 9.91. The summed E-state index contributed by atoms with van der Waals surface area (Å²) in [6.45, 7) is 0.693. The fourth-order valence-electron chi connectivity index (χ4n) is 3.44. The monoisotopic (exact) mass is 323 g/mol. The van der Waals surface area contributed by atoms with Crippen molar-refractivity contribution in [1.29, 1.82) is 0 Å². The Labute approximate surface area is 139 Å². The summed E-state index contributed by atoms with van der Waals surface area (Å²) < 4.78 is 0. The lowest BCUT2D eigenvalue weighted by Gasteiger charge is -2.30. The van der Waals surface area contributed by atoms with Crippen LogP contribution in [-0.2, 0) is 16.2 Å². The molecule has 1 saturated heterocycles. The molecule has 2 atom stereocenters. The van der Waals surface area contributed by atoms with Crippen molar-refractivity contribution in [1.82, 2.24) is 9.96 Å². The maximum Gasteiger partial charge on any atom is 0.345 e. The third-order valence-corrected chi connectivity index (χ3v) is 4.53. The second kappa shape index (κ2) is 5.65. The minimum atomic E-state index is -0.740. The van der Waals surface area contributed by atoms with Crippen molar-refractivity contribution in [3.05, 3.63) is 71.3 Å². The van der Waals surface area contributed by atoms with Gasteiger partial charge in [0.1, 0.15) is 18.7 Å². The Morgan fingerprint density at radius 1 is 1.08 bits per heavy atom. The Balaban J connectivity index is 1.65. The molecule has 2 N–H and O–H groups in total. The Morgan fingerprint density at radius 3 is 2.46 bits per heavy atom. The van der Waals surface area contributed by atoms with Crippen molar-refractivity contribution < 1.29 is 14.4 Å². The zero-order valence-corrected chi connectivity index (χ0v) is 13.0. The fraction of sp³-hybridized carbons (Fsp3) is 0.222. The van der Waals surface area contributed by atoms with Crippen LogP contribution in [0, 0.1) is 0 Å². The van der Waals surface area contributed by atoms with Crippen molar-refractivity contribution in [2.45, 2.75) is 18.7 Å². The predicted octanol–water partition coefficient (Wildman–Crippen LogP) is 2.14. The summed E-state index contributed by atoms with van der Waals surface area (Å²) in [4.78, 5) is 31.9. The van der Waals surface area contributed by atoms with Gasteiger partial charge in [-0.05, 0) is 16.7 Å². The van der Waals surface area contributed by atoms with Gasteiger partial charge in [-0.1, -0.05) is 54.6 Å². The maximum atomic E-state index is 12.7. The highest BCUT2D eigenvalue weighted by molar-refractivity contribution is 5.89. The molecular formula is C18H17N3O3. The minimum Gasteiger partial charge on any atom is -0.368 e. The van der Waals surface area contributed by atoms with Gasteiger partial charge in [-0.15, -0.1) is 0 Å². The Morgan fingerprint density at radius 2 is 1.75 bits per heavy atom. The molecule has 2 aliphatic rings. The van der Waals surface area contributed by atoms with Crippen LogP contribution in [0.15, 0.2) is 54.6 Å². The first kappa shape index (κ1) is 14.7. The van der Waals surface area contributed by atoms with Gasteiger partial charge in [-0.2, -0.15) is 5.06 Å². The number of nitrogens with two attached hydrogens (primary N) is 1. The number of nitrogens with zero attached hydrogens (tertiary/aromatic N) is 2. The lowest BCUT2D eigenvalue weighted by Crippen LogP contribution is -2.41. The van der Waals surface area contributed by atoms with Crippen LogP contribution in [0.4, 0.5) is 4.79 Å². The zero-order valence-electron chi connectivity index (χ0n) is 13.0. The molecular weight excluding hydrogens is 306 g/mol. The minimum absolute atomic E-state index is 0.229. The van der Waals surface area contributed by atoms with Gasteiger partial charge in [-0.3, -0.25) is 9.63 Å². The average Bonchev–Trinajstić information content (AvgIpc) is 2.87. The summed E-state index contributed by atoms with van der Waals surface area (Å²) in [5.74, 6) is -0.529. The molecule has 2 aromatic carbocycles. The van der Waals surface area contributed by atoms with E-state index < -0.39 is 11.9 Å². The first-order valence-corrected chi connectivity index (χ1v) is 7.81. The van der Waals surface area contributed by atoms with Gasteiger partial charge in [0.15, 0.2) is 0 Å². The summed E-state index contributed by atoms with van der Waals surface area (Å²) in [6.07, 6.45) is 0. The summed E-state index contributed by atoms with van der Waals surface area (Å²) in [5.41, 5.74) is 8.21. The van der Waals surface area contributed by atoms with Gasteiger partial charge in [0.25, 0.3) is 0 Å². The molecule has 2 aromatic rings. The molecule has 6 nitrogen and oxygen atoms in total. The number of hydrogen-bond acceptors (Lipinski definition) is 3. The van der Waals surface area contributed by atoms with E-state index in [2.05, 4.69) is 0 Å². The fourth-order valence-corrected chi connectivity index (χ4v) is 3.44. The standard InChI is InChI=1S/C18H17N3O3/c19-17(22)16-14-9-5-4-8-13(14)15-10-20(16)18(23)21(15)24-11-12-6-2-1-3-7-12/h1-9,15-16H,10-11H2,(H2,19,22)/t15-,16+/m0/s1. The van der Waals surface area contributed by atoms with Gasteiger partial charge < -0.3 is 10.6 Å². The SMILES string of the molecule is NC(=O)[C@H]1c2ccccc2[C@@H]2CN1C(=O)N2OCc1ccccc1. The number of hydrogen-bond donors (Lipinski definition) is 1. The van der Waals surface area contributed by atoms with Crippen molar-refractivity contribution in [2.75, 3.05) is 6.54 Å². The zero-order chi connectivity index (χ0) is 16.7. The molecule has 2 bridgehead atoms. The average molecular weight is 323 g/mol. The van der Waals surface area contributed by atoms with Crippen LogP contribution in [0.25, 0.3) is 0 Å². The number of rotatable bonds is 4. The van der Waals surface area contributed by atoms with Crippen LogP contribution < -0.4 is 5.73 Å². The van der Waals surface area contributed by atoms with Crippen molar-refractivity contribution >= 4 is 11.9 Å². The lowest BCUT2D eigenvalue weighted by molar-refractivity contribution is -0.141. The molecule has 0 aliphatic carbocycles. The first-order chi connectivity index (χ1) is 11.7. The number of fused-ring (bicyclic) bond motifs is 4. The number of carbonyl (C=O) groups is 2. The van der Waals surface area contributed by atoms with Crippen LogP contribution in [0.1, 0.15) is 28.8 Å². The normalized spacial score (nSPS) is 21.8. The van der Waals surface area contributed by atoms with E-state index in [0.717, 1.165) is 16.7 Å². The quantitative estimate of drug-likeness (QED) is 0.936. The van der Waals surface area contributed by atoms with E-state index in [1.54, 1.807) is 0 Å². The molecule has 0 aromatic heterocycles. The third-order valence-electron chi connectivity index (χ3n) is 4.53. The Hall–Kier alpha value is -2.86. The van der Waals surface area contributed by atoms with E-state index in [1.165, 1.54) is 9.96 Å². The molecule has 2 heterocycles. The molecule has 0 radical (unpaired) electrons. The predicted molar refractivity (Wildman–Crippen MR) is 86.3 cm³/mol. The molecule has 122 valence electrons. The highest BCUT2D eigenvalue weighted by Crippen LogP contribution is 2.43. The van der Waals surface area contributed by atoms with Gasteiger partial charge in [-0.25, -0.2) is 4.79 Å². The maximum absolute atomic E-state index is 12.7. The molecule has 0 spiro atoms. The molecule has 2 aliphatic heterocycles. The van der Waals surface area contributed by atoms with E-state index in [0.29, 0.717) is 13.2 Å². The summed E-state index contributed by atoms with van der Waals surface area (Å²) in [6, 6.07) is 15.9. The topological polar surface area (TPSA) is 75.9 Å². The van der Waals surface area contributed by atoms with Crippen molar-refractivity contribution in [2.24, 2.45) is 5.73 Å². The van der Waals surface area contributed by atoms with Crippen LogP contribution in [0.2, 0.25) is 0 Å². The number of urea groups is 1. The second-order valence-electron chi connectivity index (χ2n) is 5.97. The van der Waals surface area contributed by atoms with E-state index in [9.17, 15) is 9.59 Å². The molecule has 0 saturated carbocycles. The highest BCUT2D eigenvalue weighted by Gasteiger charge is 2.50. The van der Waals surface area contributed by atoms with Gasteiger partial charge >= 0.3 is 6.03 Å². The Bertz CT molecular complexity index is 793. The summed E-state index contributed by atoms with van der Waals surface area (Å²) in [5, 5.41) is 1.37.